The predicted molar refractivity (Wildman–Crippen MR) is 91.9 cm³/mol. The van der Waals surface area contributed by atoms with E-state index in [2.05, 4.69) is 74.0 Å². The molecule has 112 valence electrons. The fourth-order valence-corrected chi connectivity index (χ4v) is 3.60. The summed E-state index contributed by atoms with van der Waals surface area (Å²) >= 11 is 7.09. The van der Waals surface area contributed by atoms with Crippen molar-refractivity contribution in [1.82, 2.24) is 9.80 Å². The molecule has 20 heavy (non-hydrogen) atoms. The zero-order valence-electron chi connectivity index (χ0n) is 12.1. The highest BCUT2D eigenvalue weighted by Gasteiger charge is 2.25. The van der Waals surface area contributed by atoms with E-state index in [1.54, 1.807) is 0 Å². The Morgan fingerprint density at radius 2 is 2.15 bits per heavy atom. The van der Waals surface area contributed by atoms with Crippen molar-refractivity contribution in [2.45, 2.75) is 24.9 Å². The van der Waals surface area contributed by atoms with Gasteiger partial charge in [0.15, 0.2) is 0 Å². The van der Waals surface area contributed by atoms with Crippen LogP contribution in [0.15, 0.2) is 27.1 Å². The van der Waals surface area contributed by atoms with Crippen LogP contribution in [0.1, 0.15) is 24.4 Å². The summed E-state index contributed by atoms with van der Waals surface area (Å²) in [6.45, 7) is 2.93. The van der Waals surface area contributed by atoms with Gasteiger partial charge in [0.1, 0.15) is 0 Å². The topological polar surface area (TPSA) is 32.5 Å². The second-order valence-electron chi connectivity index (χ2n) is 5.64. The minimum absolute atomic E-state index is 0.272. The number of nitrogens with zero attached hydrogens (tertiary/aromatic N) is 2. The number of hydrogen-bond donors (Lipinski definition) is 1. The number of hydrogen-bond acceptors (Lipinski definition) is 3. The Labute approximate surface area is 138 Å². The van der Waals surface area contributed by atoms with Crippen molar-refractivity contribution in [2.24, 2.45) is 5.73 Å². The number of nitrogens with two attached hydrogens (primary N) is 1. The Hall–Kier alpha value is 0.0600. The fraction of sp³-hybridized carbons (Fsp3) is 0.600. The van der Waals surface area contributed by atoms with E-state index in [4.69, 9.17) is 5.73 Å². The molecule has 1 aliphatic rings. The lowest BCUT2D eigenvalue weighted by Crippen LogP contribution is -2.40. The van der Waals surface area contributed by atoms with E-state index in [0.717, 1.165) is 15.5 Å². The van der Waals surface area contributed by atoms with Crippen LogP contribution in [-0.2, 0) is 0 Å². The molecular formula is C15H23Br2N3. The minimum atomic E-state index is 0.272. The van der Waals surface area contributed by atoms with Crippen molar-refractivity contribution in [3.63, 3.8) is 0 Å². The Bertz CT molecular complexity index is 453. The molecular weight excluding hydrogens is 382 g/mol. The zero-order valence-corrected chi connectivity index (χ0v) is 15.3. The summed E-state index contributed by atoms with van der Waals surface area (Å²) in [5.41, 5.74) is 7.29. The maximum Gasteiger partial charge on any atom is 0.0468 e. The van der Waals surface area contributed by atoms with Gasteiger partial charge in [0, 0.05) is 34.1 Å². The molecule has 2 N–H and O–H groups in total. The van der Waals surface area contributed by atoms with Crippen LogP contribution in [-0.4, -0.2) is 49.6 Å². The Morgan fingerprint density at radius 3 is 2.70 bits per heavy atom. The molecule has 0 saturated carbocycles. The maximum atomic E-state index is 6.02. The Morgan fingerprint density at radius 1 is 1.40 bits per heavy atom. The molecule has 2 unspecified atom stereocenters. The first-order chi connectivity index (χ1) is 9.52. The molecule has 0 radical (unpaired) electrons. The van der Waals surface area contributed by atoms with Crippen LogP contribution in [0.3, 0.4) is 0 Å². The molecule has 1 fully saturated rings. The Kier molecular flexibility index (Phi) is 6.05. The molecule has 0 bridgehead atoms. The van der Waals surface area contributed by atoms with E-state index in [1.165, 1.54) is 24.9 Å². The Balaban J connectivity index is 2.08. The van der Waals surface area contributed by atoms with Crippen LogP contribution in [0.4, 0.5) is 0 Å². The maximum absolute atomic E-state index is 6.02. The highest BCUT2D eigenvalue weighted by atomic mass is 79.9. The van der Waals surface area contributed by atoms with Crippen molar-refractivity contribution < 1.29 is 0 Å². The van der Waals surface area contributed by atoms with Gasteiger partial charge >= 0.3 is 0 Å². The van der Waals surface area contributed by atoms with E-state index in [1.807, 2.05) is 0 Å². The number of rotatable bonds is 5. The SMILES string of the molecule is CN1CCCC1CN(C)C(CN)c1ccc(Br)c(Br)c1. The molecule has 0 amide bonds. The fourth-order valence-electron chi connectivity index (χ4n) is 2.96. The second-order valence-corrected chi connectivity index (χ2v) is 7.35. The molecule has 1 aliphatic heterocycles. The van der Waals surface area contributed by atoms with Gasteiger partial charge in [0.05, 0.1) is 0 Å². The first-order valence-corrected chi connectivity index (χ1v) is 8.67. The third-order valence-corrected chi connectivity index (χ3v) is 6.13. The molecule has 2 atom stereocenters. The normalized spacial score (nSPS) is 21.6. The molecule has 0 aromatic heterocycles. The molecule has 1 heterocycles. The van der Waals surface area contributed by atoms with Crippen LogP contribution in [0.25, 0.3) is 0 Å². The summed E-state index contributed by atoms with van der Waals surface area (Å²) in [6.07, 6.45) is 2.61. The standard InChI is InChI=1S/C15H23Br2N3/c1-19-7-3-4-12(19)10-20(2)15(9-18)11-5-6-13(16)14(17)8-11/h5-6,8,12,15H,3-4,7,9-10,18H2,1-2H3. The van der Waals surface area contributed by atoms with Crippen LogP contribution in [0.5, 0.6) is 0 Å². The quantitative estimate of drug-likeness (QED) is 0.817. The lowest BCUT2D eigenvalue weighted by molar-refractivity contribution is 0.179. The monoisotopic (exact) mass is 403 g/mol. The van der Waals surface area contributed by atoms with E-state index in [0.29, 0.717) is 12.6 Å². The van der Waals surface area contributed by atoms with Crippen molar-refractivity contribution in [3.8, 4) is 0 Å². The van der Waals surface area contributed by atoms with Crippen LogP contribution < -0.4 is 5.73 Å². The van der Waals surface area contributed by atoms with Gasteiger partial charge in [0.2, 0.25) is 0 Å². The second kappa shape index (κ2) is 7.36. The van der Waals surface area contributed by atoms with Gasteiger partial charge in [-0.3, -0.25) is 4.90 Å². The molecule has 1 saturated heterocycles. The van der Waals surface area contributed by atoms with Gasteiger partial charge in [-0.15, -0.1) is 0 Å². The molecule has 0 aliphatic carbocycles. The molecule has 0 spiro atoms. The van der Waals surface area contributed by atoms with Crippen LogP contribution in [0.2, 0.25) is 0 Å². The summed E-state index contributed by atoms with van der Waals surface area (Å²) in [6, 6.07) is 7.33. The van der Waals surface area contributed by atoms with Gasteiger partial charge in [-0.1, -0.05) is 6.07 Å². The van der Waals surface area contributed by atoms with Crippen LogP contribution in [0, 0.1) is 0 Å². The van der Waals surface area contributed by atoms with E-state index < -0.39 is 0 Å². The minimum Gasteiger partial charge on any atom is -0.329 e. The number of benzene rings is 1. The van der Waals surface area contributed by atoms with Gasteiger partial charge in [-0.2, -0.15) is 0 Å². The summed E-state index contributed by atoms with van der Waals surface area (Å²) < 4.78 is 2.16. The predicted octanol–water partition coefficient (Wildman–Crippen LogP) is 3.24. The van der Waals surface area contributed by atoms with Gasteiger partial charge in [-0.25, -0.2) is 0 Å². The largest absolute Gasteiger partial charge is 0.329 e. The van der Waals surface area contributed by atoms with Crippen molar-refractivity contribution >= 4 is 31.9 Å². The first kappa shape index (κ1) is 16.4. The zero-order chi connectivity index (χ0) is 14.7. The smallest absolute Gasteiger partial charge is 0.0468 e. The number of halogens is 2. The first-order valence-electron chi connectivity index (χ1n) is 7.08. The summed E-state index contributed by atoms with van der Waals surface area (Å²) in [5.74, 6) is 0. The van der Waals surface area contributed by atoms with Crippen molar-refractivity contribution in [2.75, 3.05) is 33.7 Å². The average molecular weight is 405 g/mol. The third kappa shape index (κ3) is 3.83. The van der Waals surface area contributed by atoms with E-state index >= 15 is 0 Å². The summed E-state index contributed by atoms with van der Waals surface area (Å²) in [4.78, 5) is 4.85. The van der Waals surface area contributed by atoms with Gasteiger partial charge in [0.25, 0.3) is 0 Å². The number of likely N-dealkylation sites (tertiary alicyclic amines) is 1. The average Bonchev–Trinajstić information content (AvgIpc) is 2.80. The lowest BCUT2D eigenvalue weighted by Gasteiger charge is -2.32. The van der Waals surface area contributed by atoms with Crippen LogP contribution >= 0.6 is 31.9 Å². The van der Waals surface area contributed by atoms with E-state index in [-0.39, 0.29) is 6.04 Å². The molecule has 3 nitrogen and oxygen atoms in total. The summed E-state index contributed by atoms with van der Waals surface area (Å²) in [7, 11) is 4.40. The van der Waals surface area contributed by atoms with Gasteiger partial charge < -0.3 is 10.6 Å². The van der Waals surface area contributed by atoms with Crippen molar-refractivity contribution in [1.29, 1.82) is 0 Å². The molecule has 1 aromatic rings. The lowest BCUT2D eigenvalue weighted by atomic mass is 10.0. The van der Waals surface area contributed by atoms with Gasteiger partial charge in [-0.05, 0) is 83.0 Å². The summed E-state index contributed by atoms with van der Waals surface area (Å²) in [5, 5.41) is 0. The number of likely N-dealkylation sites (N-methyl/N-ethyl adjacent to an activating group) is 2. The van der Waals surface area contributed by atoms with Crippen molar-refractivity contribution in [3.05, 3.63) is 32.7 Å². The molecule has 2 rings (SSSR count). The molecule has 5 heteroatoms. The highest BCUT2D eigenvalue weighted by molar-refractivity contribution is 9.13. The van der Waals surface area contributed by atoms with E-state index in [9.17, 15) is 0 Å². The molecule has 1 aromatic carbocycles. The third-order valence-electron chi connectivity index (χ3n) is 4.25. The highest BCUT2D eigenvalue weighted by Crippen LogP contribution is 2.29.